The zero-order valence-electron chi connectivity index (χ0n) is 13.9. The maximum absolute atomic E-state index is 12.7. The van der Waals surface area contributed by atoms with Crippen LogP contribution >= 0.6 is 0 Å². The van der Waals surface area contributed by atoms with Crippen LogP contribution in [0, 0.1) is 0 Å². The molecule has 0 bridgehead atoms. The second-order valence-electron chi connectivity index (χ2n) is 6.01. The lowest BCUT2D eigenvalue weighted by Crippen LogP contribution is -2.38. The molecule has 0 saturated carbocycles. The third-order valence-electron chi connectivity index (χ3n) is 4.30. The Morgan fingerprint density at radius 1 is 1.00 bits per heavy atom. The van der Waals surface area contributed by atoms with Crippen molar-refractivity contribution >= 4 is 17.6 Å². The smallest absolute Gasteiger partial charge is 0.339 e. The quantitative estimate of drug-likeness (QED) is 0.739. The highest BCUT2D eigenvalue weighted by atomic mass is 16.5. The average Bonchev–Trinajstić information content (AvgIpc) is 2.69. The van der Waals surface area contributed by atoms with E-state index in [1.165, 1.54) is 0 Å². The van der Waals surface area contributed by atoms with Crippen molar-refractivity contribution in [2.45, 2.75) is 12.5 Å². The van der Waals surface area contributed by atoms with Crippen LogP contribution in [0.15, 0.2) is 72.9 Å². The lowest BCUT2D eigenvalue weighted by atomic mass is 9.98. The molecule has 128 valence electrons. The van der Waals surface area contributed by atoms with Crippen LogP contribution in [0.5, 0.6) is 0 Å². The van der Waals surface area contributed by atoms with E-state index >= 15 is 0 Å². The van der Waals surface area contributed by atoms with E-state index in [0.717, 1.165) is 11.1 Å². The lowest BCUT2D eigenvalue weighted by Gasteiger charge is -2.24. The van der Waals surface area contributed by atoms with Crippen LogP contribution in [0.3, 0.4) is 0 Å². The summed E-state index contributed by atoms with van der Waals surface area (Å²) in [5.74, 6) is -0.834. The van der Waals surface area contributed by atoms with E-state index in [2.05, 4.69) is 10.3 Å². The Bertz CT molecular complexity index is 970. The predicted molar refractivity (Wildman–Crippen MR) is 97.7 cm³/mol. The van der Waals surface area contributed by atoms with Crippen LogP contribution in [0.25, 0.3) is 11.3 Å². The number of amides is 1. The van der Waals surface area contributed by atoms with Crippen molar-refractivity contribution in [3.8, 4) is 11.3 Å². The number of carbonyl (C=O) groups excluding carboxylic acids is 2. The number of cyclic esters (lactones) is 1. The first kappa shape index (κ1) is 16.0. The zero-order chi connectivity index (χ0) is 17.9. The Morgan fingerprint density at radius 3 is 2.62 bits per heavy atom. The summed E-state index contributed by atoms with van der Waals surface area (Å²) in [4.78, 5) is 29.2. The van der Waals surface area contributed by atoms with Crippen molar-refractivity contribution in [2.75, 3.05) is 5.32 Å². The summed E-state index contributed by atoms with van der Waals surface area (Å²) in [7, 11) is 0. The number of hydrogen-bond acceptors (Lipinski definition) is 4. The van der Waals surface area contributed by atoms with Gasteiger partial charge in [0.2, 0.25) is 0 Å². The van der Waals surface area contributed by atoms with E-state index in [1.54, 1.807) is 30.5 Å². The van der Waals surface area contributed by atoms with Gasteiger partial charge in [-0.2, -0.15) is 0 Å². The van der Waals surface area contributed by atoms with Gasteiger partial charge in [-0.3, -0.25) is 9.78 Å². The molecule has 0 aliphatic carbocycles. The molecule has 2 heterocycles. The molecule has 1 N–H and O–H groups in total. The summed E-state index contributed by atoms with van der Waals surface area (Å²) < 4.78 is 5.32. The van der Waals surface area contributed by atoms with Crippen LogP contribution in [-0.2, 0) is 16.0 Å². The molecule has 2 aromatic carbocycles. The number of ether oxygens (including phenoxy) is 1. The molecule has 4 rings (SSSR count). The fraction of sp³-hybridized carbons (Fsp3) is 0.0952. The van der Waals surface area contributed by atoms with Gasteiger partial charge in [-0.05, 0) is 23.8 Å². The van der Waals surface area contributed by atoms with Gasteiger partial charge in [-0.25, -0.2) is 4.79 Å². The summed E-state index contributed by atoms with van der Waals surface area (Å²) in [5.41, 5.74) is 3.48. The van der Waals surface area contributed by atoms with Gasteiger partial charge in [0.15, 0.2) is 6.10 Å². The standard InChI is InChI=1S/C21H16N2O3/c24-20(18-13-15-9-4-5-10-16(15)21(25)26-18)23-17-11-6-12-22-19(17)14-7-2-1-3-8-14/h1-12,18H,13H2,(H,23,24). The highest BCUT2D eigenvalue weighted by Gasteiger charge is 2.31. The SMILES string of the molecule is O=C1OC(C(=O)Nc2cccnc2-c2ccccc2)Cc2ccccc21. The van der Waals surface area contributed by atoms with Crippen LogP contribution in [0.2, 0.25) is 0 Å². The van der Waals surface area contributed by atoms with E-state index in [4.69, 9.17) is 4.74 Å². The van der Waals surface area contributed by atoms with Gasteiger partial charge in [0.1, 0.15) is 0 Å². The van der Waals surface area contributed by atoms with Crippen molar-refractivity contribution in [1.82, 2.24) is 4.98 Å². The second-order valence-corrected chi connectivity index (χ2v) is 6.01. The van der Waals surface area contributed by atoms with Gasteiger partial charge in [-0.1, -0.05) is 48.5 Å². The summed E-state index contributed by atoms with van der Waals surface area (Å²) in [6.45, 7) is 0. The number of carbonyl (C=O) groups is 2. The number of hydrogen-bond donors (Lipinski definition) is 1. The molecule has 1 amide bonds. The first-order chi connectivity index (χ1) is 12.7. The molecular formula is C21H16N2O3. The summed E-state index contributed by atoms with van der Waals surface area (Å²) in [6, 6.07) is 20.3. The maximum Gasteiger partial charge on any atom is 0.339 e. The van der Waals surface area contributed by atoms with Crippen molar-refractivity contribution in [3.05, 3.63) is 84.1 Å². The van der Waals surface area contributed by atoms with E-state index in [1.807, 2.05) is 42.5 Å². The number of benzene rings is 2. The summed E-state index contributed by atoms with van der Waals surface area (Å²) >= 11 is 0. The maximum atomic E-state index is 12.7. The molecule has 1 unspecified atom stereocenters. The van der Waals surface area contributed by atoms with Gasteiger partial charge in [0, 0.05) is 18.2 Å². The molecule has 0 spiro atoms. The molecule has 1 aliphatic rings. The van der Waals surface area contributed by atoms with Gasteiger partial charge in [0.05, 0.1) is 16.9 Å². The molecule has 0 radical (unpaired) electrons. The van der Waals surface area contributed by atoms with Gasteiger partial charge < -0.3 is 10.1 Å². The monoisotopic (exact) mass is 344 g/mol. The molecule has 3 aromatic rings. The number of nitrogens with zero attached hydrogens (tertiary/aromatic N) is 1. The van der Waals surface area contributed by atoms with Gasteiger partial charge in [0.25, 0.3) is 5.91 Å². The molecule has 0 saturated heterocycles. The Labute approximate surface area is 150 Å². The number of anilines is 1. The number of esters is 1. The minimum atomic E-state index is -0.860. The lowest BCUT2D eigenvalue weighted by molar-refractivity contribution is -0.125. The fourth-order valence-electron chi connectivity index (χ4n) is 3.02. The van der Waals surface area contributed by atoms with Crippen molar-refractivity contribution in [2.24, 2.45) is 0 Å². The minimum absolute atomic E-state index is 0.356. The van der Waals surface area contributed by atoms with E-state index in [9.17, 15) is 9.59 Å². The predicted octanol–water partition coefficient (Wildman–Crippen LogP) is 3.47. The Hall–Kier alpha value is -3.47. The van der Waals surface area contributed by atoms with E-state index in [-0.39, 0.29) is 5.91 Å². The van der Waals surface area contributed by atoms with Crippen LogP contribution in [-0.4, -0.2) is 23.0 Å². The Kier molecular flexibility index (Phi) is 4.19. The second kappa shape index (κ2) is 6.80. The van der Waals surface area contributed by atoms with Crippen molar-refractivity contribution in [3.63, 3.8) is 0 Å². The number of aromatic nitrogens is 1. The van der Waals surface area contributed by atoms with Crippen LogP contribution in [0.4, 0.5) is 5.69 Å². The van der Waals surface area contributed by atoms with Gasteiger partial charge >= 0.3 is 5.97 Å². The third-order valence-corrected chi connectivity index (χ3v) is 4.30. The third kappa shape index (κ3) is 3.07. The highest BCUT2D eigenvalue weighted by Crippen LogP contribution is 2.26. The molecule has 1 aliphatic heterocycles. The van der Waals surface area contributed by atoms with Crippen molar-refractivity contribution in [1.29, 1.82) is 0 Å². The Morgan fingerprint density at radius 2 is 1.77 bits per heavy atom. The average molecular weight is 344 g/mol. The summed E-state index contributed by atoms with van der Waals surface area (Å²) in [5, 5.41) is 2.85. The normalized spacial score (nSPS) is 15.7. The largest absolute Gasteiger partial charge is 0.448 e. The van der Waals surface area contributed by atoms with Crippen LogP contribution < -0.4 is 5.32 Å². The molecule has 0 fully saturated rings. The topological polar surface area (TPSA) is 68.3 Å². The molecule has 26 heavy (non-hydrogen) atoms. The molecule has 1 aromatic heterocycles. The number of fused-ring (bicyclic) bond motifs is 1. The fourth-order valence-corrected chi connectivity index (χ4v) is 3.02. The molecule has 1 atom stereocenters. The van der Waals surface area contributed by atoms with Gasteiger partial charge in [-0.15, -0.1) is 0 Å². The molecular weight excluding hydrogens is 328 g/mol. The number of pyridine rings is 1. The first-order valence-electron chi connectivity index (χ1n) is 8.32. The number of rotatable bonds is 3. The summed E-state index contributed by atoms with van der Waals surface area (Å²) in [6.07, 6.45) is 1.17. The molecule has 5 heteroatoms. The Balaban J connectivity index is 1.58. The first-order valence-corrected chi connectivity index (χ1v) is 8.32. The zero-order valence-corrected chi connectivity index (χ0v) is 13.9. The van der Waals surface area contributed by atoms with E-state index < -0.39 is 12.1 Å². The number of nitrogens with one attached hydrogen (secondary N) is 1. The van der Waals surface area contributed by atoms with Crippen molar-refractivity contribution < 1.29 is 14.3 Å². The molecule has 5 nitrogen and oxygen atoms in total. The van der Waals surface area contributed by atoms with E-state index in [0.29, 0.717) is 23.4 Å². The van der Waals surface area contributed by atoms with Crippen LogP contribution in [0.1, 0.15) is 15.9 Å². The minimum Gasteiger partial charge on any atom is -0.448 e. The highest BCUT2D eigenvalue weighted by molar-refractivity contribution is 6.01.